The van der Waals surface area contributed by atoms with Crippen molar-refractivity contribution in [3.63, 3.8) is 0 Å². The Bertz CT molecular complexity index is 417. The number of benzene rings is 1. The van der Waals surface area contributed by atoms with E-state index in [1.165, 1.54) is 4.90 Å². The Morgan fingerprint density at radius 3 is 2.44 bits per heavy atom. The molecule has 0 fully saturated rings. The van der Waals surface area contributed by atoms with E-state index in [9.17, 15) is 4.79 Å². The zero-order chi connectivity index (χ0) is 13.5. The molecular formula is C12H18N4O2. The molecule has 1 aromatic carbocycles. The van der Waals surface area contributed by atoms with Crippen LogP contribution in [0, 0.1) is 0 Å². The van der Waals surface area contributed by atoms with Crippen molar-refractivity contribution in [2.75, 3.05) is 25.5 Å². The predicted molar refractivity (Wildman–Crippen MR) is 70.9 cm³/mol. The van der Waals surface area contributed by atoms with Gasteiger partial charge in [0.25, 0.3) is 0 Å². The quantitative estimate of drug-likeness (QED) is 0.366. The van der Waals surface area contributed by atoms with Crippen LogP contribution in [-0.2, 0) is 0 Å². The Kier molecular flexibility index (Phi) is 4.98. The fourth-order valence-electron chi connectivity index (χ4n) is 1.46. The molecule has 0 aliphatic carbocycles. The summed E-state index contributed by atoms with van der Waals surface area (Å²) in [7, 11) is 3.36. The first-order valence-electron chi connectivity index (χ1n) is 5.56. The number of urea groups is 1. The number of amidine groups is 1. The molecule has 1 rings (SSSR count). The third kappa shape index (κ3) is 3.65. The average molecular weight is 250 g/mol. The number of nitrogens with two attached hydrogens (primary N) is 1. The van der Waals surface area contributed by atoms with Crippen molar-refractivity contribution in [2.45, 2.75) is 6.42 Å². The Hall–Kier alpha value is -2.24. The molecule has 0 unspecified atom stereocenters. The minimum Gasteiger partial charge on any atom is -0.409 e. The number of nitrogens with zero attached hydrogens (tertiary/aromatic N) is 3. The van der Waals surface area contributed by atoms with Crippen LogP contribution in [0.5, 0.6) is 0 Å². The monoisotopic (exact) mass is 250 g/mol. The largest absolute Gasteiger partial charge is 0.409 e. The molecule has 0 aliphatic rings. The predicted octanol–water partition coefficient (Wildman–Crippen LogP) is 1.31. The van der Waals surface area contributed by atoms with Gasteiger partial charge in [0, 0.05) is 32.7 Å². The first-order valence-corrected chi connectivity index (χ1v) is 5.56. The van der Waals surface area contributed by atoms with E-state index in [1.54, 1.807) is 19.0 Å². The summed E-state index contributed by atoms with van der Waals surface area (Å²) in [5, 5.41) is 11.4. The number of oxime groups is 1. The second kappa shape index (κ2) is 6.48. The number of rotatable bonds is 4. The maximum Gasteiger partial charge on any atom is 0.323 e. The van der Waals surface area contributed by atoms with E-state index >= 15 is 0 Å². The maximum absolute atomic E-state index is 12.1. The van der Waals surface area contributed by atoms with E-state index < -0.39 is 0 Å². The standard InChI is InChI=1S/C12H18N4O2/c1-15(2)12(17)16(9-8-11(13)14-18)10-6-4-3-5-7-10/h3-7,18H,8-9H2,1-2H3,(H2,13,14). The summed E-state index contributed by atoms with van der Waals surface area (Å²) in [4.78, 5) is 15.1. The fourth-order valence-corrected chi connectivity index (χ4v) is 1.46. The van der Waals surface area contributed by atoms with Crippen LogP contribution in [0.15, 0.2) is 35.5 Å². The molecular weight excluding hydrogens is 232 g/mol. The highest BCUT2D eigenvalue weighted by atomic mass is 16.4. The van der Waals surface area contributed by atoms with Crippen LogP contribution in [-0.4, -0.2) is 42.6 Å². The lowest BCUT2D eigenvalue weighted by Crippen LogP contribution is -2.41. The number of hydrogen-bond acceptors (Lipinski definition) is 3. The van der Waals surface area contributed by atoms with Crippen molar-refractivity contribution in [1.29, 1.82) is 0 Å². The van der Waals surface area contributed by atoms with Crippen molar-refractivity contribution < 1.29 is 10.0 Å². The molecule has 0 aromatic heterocycles. The van der Waals surface area contributed by atoms with E-state index in [2.05, 4.69) is 5.16 Å². The Balaban J connectivity index is 2.86. The van der Waals surface area contributed by atoms with Crippen LogP contribution in [0.2, 0.25) is 0 Å². The molecule has 1 aromatic rings. The Labute approximate surface area is 106 Å². The number of carbonyl (C=O) groups excluding carboxylic acids is 1. The number of para-hydroxylation sites is 1. The van der Waals surface area contributed by atoms with Crippen LogP contribution < -0.4 is 10.6 Å². The molecule has 0 heterocycles. The van der Waals surface area contributed by atoms with E-state index in [0.717, 1.165) is 5.69 Å². The normalized spacial score (nSPS) is 11.1. The van der Waals surface area contributed by atoms with Crippen LogP contribution in [0.4, 0.5) is 10.5 Å². The number of carbonyl (C=O) groups is 1. The van der Waals surface area contributed by atoms with Gasteiger partial charge < -0.3 is 15.8 Å². The van der Waals surface area contributed by atoms with Crippen molar-refractivity contribution in [2.24, 2.45) is 10.9 Å². The second-order valence-electron chi connectivity index (χ2n) is 4.01. The first-order chi connectivity index (χ1) is 8.56. The summed E-state index contributed by atoms with van der Waals surface area (Å²) in [6.45, 7) is 0.358. The molecule has 6 nitrogen and oxygen atoms in total. The third-order valence-corrected chi connectivity index (χ3v) is 2.40. The molecule has 0 saturated heterocycles. The SMILES string of the molecule is CN(C)C(=O)N(CCC(N)=NO)c1ccccc1. The summed E-state index contributed by atoms with van der Waals surface area (Å²) in [6, 6.07) is 9.13. The molecule has 0 spiro atoms. The van der Waals surface area contributed by atoms with E-state index in [1.807, 2.05) is 30.3 Å². The molecule has 0 radical (unpaired) electrons. The smallest absolute Gasteiger partial charge is 0.323 e. The average Bonchev–Trinajstić information content (AvgIpc) is 2.39. The van der Waals surface area contributed by atoms with Gasteiger partial charge in [-0.25, -0.2) is 4.79 Å². The molecule has 98 valence electrons. The topological polar surface area (TPSA) is 82.2 Å². The van der Waals surface area contributed by atoms with Crippen molar-refractivity contribution in [1.82, 2.24) is 4.90 Å². The number of hydrogen-bond donors (Lipinski definition) is 2. The Morgan fingerprint density at radius 2 is 1.94 bits per heavy atom. The third-order valence-electron chi connectivity index (χ3n) is 2.40. The maximum atomic E-state index is 12.1. The van der Waals surface area contributed by atoms with Gasteiger partial charge in [0.15, 0.2) is 0 Å². The van der Waals surface area contributed by atoms with Gasteiger partial charge in [-0.05, 0) is 12.1 Å². The van der Waals surface area contributed by atoms with Crippen LogP contribution in [0.3, 0.4) is 0 Å². The molecule has 2 amide bonds. The van der Waals surface area contributed by atoms with Crippen molar-refractivity contribution >= 4 is 17.6 Å². The van der Waals surface area contributed by atoms with Gasteiger partial charge in [0.1, 0.15) is 5.84 Å². The molecule has 3 N–H and O–H groups in total. The molecule has 0 aliphatic heterocycles. The molecule has 18 heavy (non-hydrogen) atoms. The van der Waals surface area contributed by atoms with Crippen LogP contribution in [0.25, 0.3) is 0 Å². The van der Waals surface area contributed by atoms with Crippen LogP contribution in [0.1, 0.15) is 6.42 Å². The van der Waals surface area contributed by atoms with Gasteiger partial charge in [-0.15, -0.1) is 0 Å². The van der Waals surface area contributed by atoms with Gasteiger partial charge >= 0.3 is 6.03 Å². The summed E-state index contributed by atoms with van der Waals surface area (Å²) < 4.78 is 0. The zero-order valence-corrected chi connectivity index (χ0v) is 10.6. The van der Waals surface area contributed by atoms with E-state index in [-0.39, 0.29) is 11.9 Å². The minimum atomic E-state index is -0.146. The highest BCUT2D eigenvalue weighted by Crippen LogP contribution is 2.15. The summed E-state index contributed by atoms with van der Waals surface area (Å²) in [5.41, 5.74) is 6.20. The summed E-state index contributed by atoms with van der Waals surface area (Å²) in [6.07, 6.45) is 0.310. The minimum absolute atomic E-state index is 0.0995. The second-order valence-corrected chi connectivity index (χ2v) is 4.01. The molecule has 0 atom stereocenters. The van der Waals surface area contributed by atoms with Gasteiger partial charge in [-0.1, -0.05) is 23.4 Å². The lowest BCUT2D eigenvalue weighted by atomic mass is 10.2. The van der Waals surface area contributed by atoms with E-state index in [0.29, 0.717) is 13.0 Å². The highest BCUT2D eigenvalue weighted by molar-refractivity contribution is 5.92. The highest BCUT2D eigenvalue weighted by Gasteiger charge is 2.17. The lowest BCUT2D eigenvalue weighted by molar-refractivity contribution is 0.224. The summed E-state index contributed by atoms with van der Waals surface area (Å²) in [5.74, 6) is 0.0995. The fraction of sp³-hybridized carbons (Fsp3) is 0.333. The lowest BCUT2D eigenvalue weighted by Gasteiger charge is -2.26. The van der Waals surface area contributed by atoms with Crippen molar-refractivity contribution in [3.05, 3.63) is 30.3 Å². The Morgan fingerprint density at radius 1 is 1.33 bits per heavy atom. The molecule has 6 heteroatoms. The van der Waals surface area contributed by atoms with Gasteiger partial charge in [-0.3, -0.25) is 4.90 Å². The summed E-state index contributed by atoms with van der Waals surface area (Å²) >= 11 is 0. The first kappa shape index (κ1) is 13.8. The number of anilines is 1. The zero-order valence-electron chi connectivity index (χ0n) is 10.6. The van der Waals surface area contributed by atoms with Gasteiger partial charge in [0.2, 0.25) is 0 Å². The molecule has 0 saturated carbocycles. The van der Waals surface area contributed by atoms with Crippen LogP contribution >= 0.6 is 0 Å². The van der Waals surface area contributed by atoms with Gasteiger partial charge in [-0.2, -0.15) is 0 Å². The van der Waals surface area contributed by atoms with Crippen molar-refractivity contribution in [3.8, 4) is 0 Å². The number of amides is 2. The van der Waals surface area contributed by atoms with E-state index in [4.69, 9.17) is 10.9 Å². The van der Waals surface area contributed by atoms with Gasteiger partial charge in [0.05, 0.1) is 0 Å². The molecule has 0 bridgehead atoms.